The highest BCUT2D eigenvalue weighted by molar-refractivity contribution is 5.93. The number of morpholine rings is 1. The molecule has 1 aliphatic carbocycles. The van der Waals surface area contributed by atoms with Gasteiger partial charge in [-0.25, -0.2) is 0 Å². The number of amides is 2. The molecule has 2 aromatic rings. The first-order valence-corrected chi connectivity index (χ1v) is 11.2. The molecule has 5 rings (SSSR count). The van der Waals surface area contributed by atoms with Gasteiger partial charge in [-0.1, -0.05) is 24.3 Å². The molecule has 0 saturated carbocycles. The number of likely N-dealkylation sites (tertiary alicyclic amines) is 1. The van der Waals surface area contributed by atoms with E-state index in [1.807, 2.05) is 9.80 Å². The molecule has 1 aromatic carbocycles. The molecule has 2 aliphatic heterocycles. The second kappa shape index (κ2) is 8.38. The van der Waals surface area contributed by atoms with E-state index in [-0.39, 0.29) is 23.1 Å². The van der Waals surface area contributed by atoms with E-state index < -0.39 is 0 Å². The second-order valence-corrected chi connectivity index (χ2v) is 8.89. The summed E-state index contributed by atoms with van der Waals surface area (Å²) in [6.07, 6.45) is 6.49. The van der Waals surface area contributed by atoms with Crippen LogP contribution >= 0.6 is 0 Å². The van der Waals surface area contributed by atoms with E-state index >= 15 is 0 Å². The number of aromatic nitrogens is 2. The van der Waals surface area contributed by atoms with Crippen LogP contribution in [0.2, 0.25) is 0 Å². The van der Waals surface area contributed by atoms with Crippen LogP contribution in [0.4, 0.5) is 0 Å². The Hall–Kier alpha value is -2.80. The van der Waals surface area contributed by atoms with Crippen LogP contribution in [0.3, 0.4) is 0 Å². The van der Waals surface area contributed by atoms with Crippen LogP contribution in [-0.4, -0.2) is 71.2 Å². The van der Waals surface area contributed by atoms with Gasteiger partial charge >= 0.3 is 0 Å². The van der Waals surface area contributed by atoms with E-state index in [1.54, 1.807) is 12.3 Å². The van der Waals surface area contributed by atoms with E-state index in [1.165, 1.54) is 17.3 Å². The second-order valence-electron chi connectivity index (χ2n) is 8.89. The zero-order valence-electron chi connectivity index (χ0n) is 17.7. The molecule has 0 radical (unpaired) electrons. The zero-order valence-corrected chi connectivity index (χ0v) is 17.7. The number of fused-ring (bicyclic) bond motifs is 2. The van der Waals surface area contributed by atoms with Crippen molar-refractivity contribution in [1.82, 2.24) is 20.0 Å². The SMILES string of the molecule is O=C(C[C@@H]1CC2(CCN(C(=O)c3ccnnc3)CC2)c2ccccc21)N1CCOCC1. The molecule has 0 unspecified atom stereocenters. The van der Waals surface area contributed by atoms with Crippen molar-refractivity contribution in [3.8, 4) is 0 Å². The Morgan fingerprint density at radius 1 is 1.00 bits per heavy atom. The molecule has 31 heavy (non-hydrogen) atoms. The number of hydrogen-bond donors (Lipinski definition) is 0. The third-order valence-corrected chi connectivity index (χ3v) is 7.23. The van der Waals surface area contributed by atoms with Crippen LogP contribution in [0.25, 0.3) is 0 Å². The van der Waals surface area contributed by atoms with Crippen molar-refractivity contribution in [3.05, 3.63) is 59.4 Å². The molecule has 1 spiro atoms. The van der Waals surface area contributed by atoms with Crippen molar-refractivity contribution in [2.24, 2.45) is 0 Å². The van der Waals surface area contributed by atoms with Crippen molar-refractivity contribution >= 4 is 11.8 Å². The van der Waals surface area contributed by atoms with Crippen molar-refractivity contribution in [2.45, 2.75) is 37.0 Å². The maximum Gasteiger partial charge on any atom is 0.255 e. The summed E-state index contributed by atoms with van der Waals surface area (Å²) in [6.45, 7) is 4.10. The Kier molecular flexibility index (Phi) is 5.44. The molecule has 2 amide bonds. The summed E-state index contributed by atoms with van der Waals surface area (Å²) in [4.78, 5) is 29.6. The molecule has 1 aromatic heterocycles. The number of hydrogen-bond acceptors (Lipinski definition) is 5. The number of rotatable bonds is 3. The van der Waals surface area contributed by atoms with Crippen LogP contribution in [0.1, 0.15) is 53.1 Å². The first-order valence-electron chi connectivity index (χ1n) is 11.2. The first kappa shape index (κ1) is 20.1. The lowest BCUT2D eigenvalue weighted by Gasteiger charge is -2.40. The van der Waals surface area contributed by atoms with Gasteiger partial charge < -0.3 is 14.5 Å². The highest BCUT2D eigenvalue weighted by Crippen LogP contribution is 2.52. The number of nitrogens with zero attached hydrogens (tertiary/aromatic N) is 4. The summed E-state index contributed by atoms with van der Waals surface area (Å²) in [5.74, 6) is 0.506. The monoisotopic (exact) mass is 420 g/mol. The van der Waals surface area contributed by atoms with Gasteiger partial charge in [-0.3, -0.25) is 9.59 Å². The third kappa shape index (κ3) is 3.82. The summed E-state index contributed by atoms with van der Waals surface area (Å²) in [5, 5.41) is 7.60. The van der Waals surface area contributed by atoms with E-state index in [4.69, 9.17) is 4.74 Å². The van der Waals surface area contributed by atoms with E-state index in [2.05, 4.69) is 34.5 Å². The van der Waals surface area contributed by atoms with Gasteiger partial charge in [-0.05, 0) is 47.8 Å². The fourth-order valence-corrected chi connectivity index (χ4v) is 5.57. The van der Waals surface area contributed by atoms with E-state index in [0.717, 1.165) is 32.4 Å². The minimum atomic E-state index is 0.0232. The normalized spacial score (nSPS) is 22.4. The smallest absolute Gasteiger partial charge is 0.255 e. The molecule has 162 valence electrons. The Morgan fingerprint density at radius 3 is 2.52 bits per heavy atom. The van der Waals surface area contributed by atoms with Gasteiger partial charge in [0.1, 0.15) is 0 Å². The van der Waals surface area contributed by atoms with Crippen molar-refractivity contribution in [3.63, 3.8) is 0 Å². The molecule has 3 aliphatic rings. The summed E-state index contributed by atoms with van der Waals surface area (Å²) in [7, 11) is 0. The molecule has 0 N–H and O–H groups in total. The topological polar surface area (TPSA) is 75.6 Å². The number of ether oxygens (including phenoxy) is 1. The van der Waals surface area contributed by atoms with Crippen molar-refractivity contribution < 1.29 is 14.3 Å². The Bertz CT molecular complexity index is 950. The van der Waals surface area contributed by atoms with Gasteiger partial charge in [-0.15, -0.1) is 0 Å². The minimum absolute atomic E-state index is 0.0232. The van der Waals surface area contributed by atoms with Gasteiger partial charge in [0.2, 0.25) is 5.91 Å². The number of piperidine rings is 1. The third-order valence-electron chi connectivity index (χ3n) is 7.23. The van der Waals surface area contributed by atoms with Gasteiger partial charge in [0.25, 0.3) is 5.91 Å². The van der Waals surface area contributed by atoms with Crippen LogP contribution in [0, 0.1) is 0 Å². The van der Waals surface area contributed by atoms with Crippen molar-refractivity contribution in [1.29, 1.82) is 0 Å². The quantitative estimate of drug-likeness (QED) is 0.762. The van der Waals surface area contributed by atoms with Gasteiger partial charge in [0.05, 0.1) is 31.2 Å². The zero-order chi connectivity index (χ0) is 21.3. The molecule has 1 atom stereocenters. The fourth-order valence-electron chi connectivity index (χ4n) is 5.57. The molecule has 7 heteroatoms. The molecular weight excluding hydrogens is 392 g/mol. The van der Waals surface area contributed by atoms with E-state index in [0.29, 0.717) is 38.3 Å². The molecule has 2 saturated heterocycles. The summed E-state index contributed by atoms with van der Waals surface area (Å²) >= 11 is 0. The molecule has 0 bridgehead atoms. The van der Waals surface area contributed by atoms with Crippen molar-refractivity contribution in [2.75, 3.05) is 39.4 Å². The Morgan fingerprint density at radius 2 is 1.77 bits per heavy atom. The average Bonchev–Trinajstić information content (AvgIpc) is 3.13. The Balaban J connectivity index is 1.30. The standard InChI is InChI=1S/C24H28N4O3/c29-22(27-11-13-31-14-12-27)15-19-16-24(21-4-2-1-3-20(19)21)6-9-28(10-7-24)23(30)18-5-8-25-26-17-18/h1-5,8,17,19H,6-7,9-16H2/t19-/m1/s1. The molecule has 2 fully saturated rings. The molecular formula is C24H28N4O3. The predicted molar refractivity (Wildman–Crippen MR) is 115 cm³/mol. The van der Waals surface area contributed by atoms with Crippen LogP contribution in [0.15, 0.2) is 42.7 Å². The van der Waals surface area contributed by atoms with Gasteiger partial charge in [0, 0.05) is 32.6 Å². The number of carbonyl (C=O) groups is 2. The highest BCUT2D eigenvalue weighted by atomic mass is 16.5. The van der Waals surface area contributed by atoms with Crippen LogP contribution < -0.4 is 0 Å². The fraction of sp³-hybridized carbons (Fsp3) is 0.500. The van der Waals surface area contributed by atoms with Gasteiger partial charge in [0.15, 0.2) is 0 Å². The van der Waals surface area contributed by atoms with Crippen LogP contribution in [-0.2, 0) is 14.9 Å². The lowest BCUT2D eigenvalue weighted by Crippen LogP contribution is -2.44. The maximum absolute atomic E-state index is 12.9. The average molecular weight is 421 g/mol. The lowest BCUT2D eigenvalue weighted by atomic mass is 9.73. The number of carbonyl (C=O) groups excluding carboxylic acids is 2. The summed E-state index contributed by atoms with van der Waals surface area (Å²) in [5.41, 5.74) is 3.35. The summed E-state index contributed by atoms with van der Waals surface area (Å²) in [6, 6.07) is 10.3. The predicted octanol–water partition coefficient (Wildman–Crippen LogP) is 2.39. The Labute approximate surface area is 182 Å². The molecule has 3 heterocycles. The van der Waals surface area contributed by atoms with E-state index in [9.17, 15) is 9.59 Å². The highest BCUT2D eigenvalue weighted by Gasteiger charge is 2.46. The van der Waals surface area contributed by atoms with Gasteiger partial charge in [-0.2, -0.15) is 10.2 Å². The number of benzene rings is 1. The van der Waals surface area contributed by atoms with Crippen LogP contribution in [0.5, 0.6) is 0 Å². The summed E-state index contributed by atoms with van der Waals surface area (Å²) < 4.78 is 5.39. The largest absolute Gasteiger partial charge is 0.378 e. The maximum atomic E-state index is 12.9. The first-order chi connectivity index (χ1) is 15.2. The molecule has 7 nitrogen and oxygen atoms in total. The lowest BCUT2D eigenvalue weighted by molar-refractivity contribution is -0.135. The minimum Gasteiger partial charge on any atom is -0.378 e.